The molecule has 1 saturated carbocycles. The van der Waals surface area contributed by atoms with Gasteiger partial charge in [-0.15, -0.1) is 0 Å². The number of nitrogens with zero attached hydrogens (tertiary/aromatic N) is 1. The van der Waals surface area contributed by atoms with Crippen LogP contribution in [0.5, 0.6) is 0 Å². The van der Waals surface area contributed by atoms with E-state index in [2.05, 4.69) is 17.6 Å². The summed E-state index contributed by atoms with van der Waals surface area (Å²) in [5.41, 5.74) is 0. The van der Waals surface area contributed by atoms with E-state index in [0.717, 1.165) is 38.3 Å². The Kier molecular flexibility index (Phi) is 6.81. The monoisotopic (exact) mass is 295 g/mol. The number of hydrogen-bond acceptors (Lipinski definition) is 2. The molecule has 1 saturated heterocycles. The topological polar surface area (TPSA) is 44.4 Å². The maximum absolute atomic E-state index is 12.5. The molecule has 0 aromatic rings. The molecule has 4 heteroatoms. The zero-order valence-electron chi connectivity index (χ0n) is 13.9. The Labute approximate surface area is 130 Å². The Hall–Kier alpha value is -0.770. The summed E-state index contributed by atoms with van der Waals surface area (Å²) in [5, 5.41) is 6.64. The lowest BCUT2D eigenvalue weighted by atomic mass is 9.83. The van der Waals surface area contributed by atoms with Crippen LogP contribution in [0.4, 0.5) is 4.79 Å². The second kappa shape index (κ2) is 8.62. The first-order valence-corrected chi connectivity index (χ1v) is 8.93. The molecule has 1 aliphatic heterocycles. The van der Waals surface area contributed by atoms with Gasteiger partial charge in [-0.25, -0.2) is 4.79 Å². The van der Waals surface area contributed by atoms with Gasteiger partial charge in [0, 0.05) is 25.2 Å². The van der Waals surface area contributed by atoms with E-state index in [1.54, 1.807) is 0 Å². The number of piperidine rings is 1. The zero-order chi connectivity index (χ0) is 15.1. The normalized spacial score (nSPS) is 23.6. The molecule has 4 nitrogen and oxygen atoms in total. The van der Waals surface area contributed by atoms with E-state index in [4.69, 9.17) is 0 Å². The lowest BCUT2D eigenvalue weighted by Gasteiger charge is -2.34. The molecule has 2 N–H and O–H groups in total. The molecule has 0 bridgehead atoms. The van der Waals surface area contributed by atoms with Crippen molar-refractivity contribution in [1.29, 1.82) is 0 Å². The fourth-order valence-electron chi connectivity index (χ4n) is 3.72. The number of nitrogens with one attached hydrogen (secondary N) is 2. The van der Waals surface area contributed by atoms with Gasteiger partial charge in [-0.3, -0.25) is 0 Å². The van der Waals surface area contributed by atoms with E-state index in [1.165, 1.54) is 38.5 Å². The van der Waals surface area contributed by atoms with Crippen LogP contribution in [0.2, 0.25) is 0 Å². The highest BCUT2D eigenvalue weighted by Gasteiger charge is 2.26. The van der Waals surface area contributed by atoms with Crippen molar-refractivity contribution in [3.8, 4) is 0 Å². The Balaban J connectivity index is 1.86. The first-order chi connectivity index (χ1) is 10.2. The molecule has 0 radical (unpaired) electrons. The highest BCUT2D eigenvalue weighted by atomic mass is 16.2. The molecule has 122 valence electrons. The van der Waals surface area contributed by atoms with Gasteiger partial charge in [-0.1, -0.05) is 32.1 Å². The van der Waals surface area contributed by atoms with Crippen molar-refractivity contribution in [3.63, 3.8) is 0 Å². The van der Waals surface area contributed by atoms with Gasteiger partial charge >= 0.3 is 6.03 Å². The number of urea groups is 1. The van der Waals surface area contributed by atoms with Crippen molar-refractivity contribution in [2.24, 2.45) is 5.92 Å². The van der Waals surface area contributed by atoms with Crippen molar-refractivity contribution < 1.29 is 4.79 Å². The lowest BCUT2D eigenvalue weighted by molar-refractivity contribution is 0.175. The van der Waals surface area contributed by atoms with Gasteiger partial charge in [0.25, 0.3) is 0 Å². The average molecular weight is 295 g/mol. The van der Waals surface area contributed by atoms with Crippen LogP contribution in [0, 0.1) is 5.92 Å². The molecule has 0 aromatic carbocycles. The second-order valence-corrected chi connectivity index (χ2v) is 6.92. The maximum atomic E-state index is 12.5. The number of hydrogen-bond donors (Lipinski definition) is 2. The largest absolute Gasteiger partial charge is 0.334 e. The SMILES string of the molecule is CN[C@H](C)[C@H](CC1CCCCC1)NC(=O)N1CCCCC1. The second-order valence-electron chi connectivity index (χ2n) is 6.92. The molecule has 0 spiro atoms. The van der Waals surface area contributed by atoms with Crippen molar-refractivity contribution in [2.75, 3.05) is 20.1 Å². The molecule has 2 fully saturated rings. The van der Waals surface area contributed by atoms with Crippen LogP contribution >= 0.6 is 0 Å². The molecule has 2 rings (SSSR count). The van der Waals surface area contributed by atoms with Crippen LogP contribution in [-0.2, 0) is 0 Å². The smallest absolute Gasteiger partial charge is 0.317 e. The maximum Gasteiger partial charge on any atom is 0.317 e. The van der Waals surface area contributed by atoms with Gasteiger partial charge in [0.05, 0.1) is 0 Å². The molecule has 1 heterocycles. The fraction of sp³-hybridized carbons (Fsp3) is 0.941. The standard InChI is InChI=1S/C17H33N3O/c1-14(18-2)16(13-15-9-5-3-6-10-15)19-17(21)20-11-7-4-8-12-20/h14-16,18H,3-13H2,1-2H3,(H,19,21)/t14-,16+/m1/s1. The van der Waals surface area contributed by atoms with Gasteiger partial charge in [0.1, 0.15) is 0 Å². The number of likely N-dealkylation sites (N-methyl/N-ethyl adjacent to an activating group) is 1. The van der Waals surface area contributed by atoms with Crippen LogP contribution in [0.1, 0.15) is 64.7 Å². The van der Waals surface area contributed by atoms with Gasteiger partial charge in [-0.2, -0.15) is 0 Å². The third-order valence-electron chi connectivity index (χ3n) is 5.32. The molecule has 0 unspecified atom stereocenters. The molecule has 0 aromatic heterocycles. The van der Waals surface area contributed by atoms with E-state index in [-0.39, 0.29) is 12.1 Å². The van der Waals surface area contributed by atoms with Gasteiger partial charge in [0.2, 0.25) is 0 Å². The first-order valence-electron chi connectivity index (χ1n) is 8.93. The van der Waals surface area contributed by atoms with E-state index in [1.807, 2.05) is 11.9 Å². The highest BCUT2D eigenvalue weighted by Crippen LogP contribution is 2.28. The van der Waals surface area contributed by atoms with Gasteiger partial charge in [-0.05, 0) is 45.6 Å². The number of amides is 2. The molecule has 1 aliphatic carbocycles. The number of likely N-dealkylation sites (tertiary alicyclic amines) is 1. The summed E-state index contributed by atoms with van der Waals surface area (Å²) in [5.74, 6) is 0.793. The summed E-state index contributed by atoms with van der Waals surface area (Å²) in [4.78, 5) is 14.5. The Bertz CT molecular complexity index is 309. The number of carbonyl (C=O) groups excluding carboxylic acids is 1. The number of carbonyl (C=O) groups is 1. The lowest BCUT2D eigenvalue weighted by Crippen LogP contribution is -2.53. The summed E-state index contributed by atoms with van der Waals surface area (Å²) in [6, 6.07) is 0.741. The minimum absolute atomic E-state index is 0.151. The molecular formula is C17H33N3O. The van der Waals surface area contributed by atoms with Crippen LogP contribution < -0.4 is 10.6 Å². The predicted molar refractivity (Wildman–Crippen MR) is 87.5 cm³/mol. The van der Waals surface area contributed by atoms with Gasteiger partial charge in [0.15, 0.2) is 0 Å². The van der Waals surface area contributed by atoms with Crippen molar-refractivity contribution in [1.82, 2.24) is 15.5 Å². The zero-order valence-corrected chi connectivity index (χ0v) is 13.9. The van der Waals surface area contributed by atoms with Crippen LogP contribution in [-0.4, -0.2) is 43.2 Å². The van der Waals surface area contributed by atoms with E-state index in [9.17, 15) is 4.79 Å². The summed E-state index contributed by atoms with van der Waals surface area (Å²) in [6.45, 7) is 4.04. The Morgan fingerprint density at radius 3 is 2.33 bits per heavy atom. The highest BCUT2D eigenvalue weighted by molar-refractivity contribution is 5.74. The third-order valence-corrected chi connectivity index (χ3v) is 5.32. The quantitative estimate of drug-likeness (QED) is 0.818. The molecular weight excluding hydrogens is 262 g/mol. The summed E-state index contributed by atoms with van der Waals surface area (Å²) < 4.78 is 0. The Morgan fingerprint density at radius 1 is 1.10 bits per heavy atom. The van der Waals surface area contributed by atoms with Crippen molar-refractivity contribution >= 4 is 6.03 Å². The minimum Gasteiger partial charge on any atom is -0.334 e. The van der Waals surface area contributed by atoms with Crippen LogP contribution in [0.25, 0.3) is 0 Å². The third kappa shape index (κ3) is 5.17. The van der Waals surface area contributed by atoms with Crippen LogP contribution in [0.15, 0.2) is 0 Å². The van der Waals surface area contributed by atoms with Crippen LogP contribution in [0.3, 0.4) is 0 Å². The van der Waals surface area contributed by atoms with E-state index < -0.39 is 0 Å². The molecule has 2 aliphatic rings. The molecule has 2 amide bonds. The molecule has 21 heavy (non-hydrogen) atoms. The Morgan fingerprint density at radius 2 is 1.71 bits per heavy atom. The van der Waals surface area contributed by atoms with Crippen molar-refractivity contribution in [3.05, 3.63) is 0 Å². The first kappa shape index (κ1) is 16.6. The number of rotatable bonds is 5. The van der Waals surface area contributed by atoms with E-state index >= 15 is 0 Å². The minimum atomic E-state index is 0.151. The van der Waals surface area contributed by atoms with E-state index in [0.29, 0.717) is 6.04 Å². The predicted octanol–water partition coefficient (Wildman–Crippen LogP) is 3.13. The summed E-state index contributed by atoms with van der Waals surface area (Å²) in [7, 11) is 1.99. The average Bonchev–Trinajstić information content (AvgIpc) is 2.55. The summed E-state index contributed by atoms with van der Waals surface area (Å²) in [6.07, 6.45) is 11.5. The fourth-order valence-corrected chi connectivity index (χ4v) is 3.72. The summed E-state index contributed by atoms with van der Waals surface area (Å²) >= 11 is 0. The van der Waals surface area contributed by atoms with Gasteiger partial charge < -0.3 is 15.5 Å². The van der Waals surface area contributed by atoms with Crippen molar-refractivity contribution in [2.45, 2.75) is 76.8 Å². The molecule has 2 atom stereocenters.